The number of nitrogens with one attached hydrogen (secondary N) is 1. The van der Waals surface area contributed by atoms with Crippen LogP contribution in [0.5, 0.6) is 0 Å². The maximum absolute atomic E-state index is 9.25. The lowest BCUT2D eigenvalue weighted by Gasteiger charge is -2.17. The number of rotatable bonds is 5. The zero-order chi connectivity index (χ0) is 8.04. The Morgan fingerprint density at radius 3 is 2.50 bits per heavy atom. The molecule has 0 atom stereocenters. The summed E-state index contributed by atoms with van der Waals surface area (Å²) in [6.45, 7) is 5.26. The zero-order valence-electron chi connectivity index (χ0n) is 6.98. The van der Waals surface area contributed by atoms with E-state index in [4.69, 9.17) is 0 Å². The Labute approximate surface area is 67.4 Å². The van der Waals surface area contributed by atoms with Gasteiger partial charge in [0.2, 0.25) is 0 Å². The Hall–Kier alpha value is 0.270. The molecule has 0 aliphatic carbocycles. The SMILES string of the molecule is CSCCNCC(C)(C)O. The normalized spacial score (nSPS) is 12.0. The van der Waals surface area contributed by atoms with Crippen molar-refractivity contribution in [3.8, 4) is 0 Å². The molecule has 0 saturated carbocycles. The lowest BCUT2D eigenvalue weighted by Crippen LogP contribution is -2.35. The minimum absolute atomic E-state index is 0.571. The Morgan fingerprint density at radius 1 is 1.50 bits per heavy atom. The van der Waals surface area contributed by atoms with Crippen molar-refractivity contribution in [2.24, 2.45) is 0 Å². The molecule has 2 N–H and O–H groups in total. The van der Waals surface area contributed by atoms with Crippen LogP contribution in [0.25, 0.3) is 0 Å². The van der Waals surface area contributed by atoms with Crippen molar-refractivity contribution in [1.82, 2.24) is 5.32 Å². The Morgan fingerprint density at radius 2 is 2.10 bits per heavy atom. The molecule has 10 heavy (non-hydrogen) atoms. The highest BCUT2D eigenvalue weighted by atomic mass is 32.2. The second-order valence-corrected chi connectivity index (χ2v) is 3.97. The topological polar surface area (TPSA) is 32.3 Å². The van der Waals surface area contributed by atoms with E-state index in [0.29, 0.717) is 6.54 Å². The van der Waals surface area contributed by atoms with Crippen LogP contribution in [0.2, 0.25) is 0 Å². The Kier molecular flexibility index (Phi) is 5.13. The van der Waals surface area contributed by atoms with Crippen molar-refractivity contribution >= 4 is 11.8 Å². The third-order valence-corrected chi connectivity index (χ3v) is 1.65. The molecule has 0 aromatic rings. The number of aliphatic hydroxyl groups is 1. The van der Waals surface area contributed by atoms with Gasteiger partial charge in [-0.2, -0.15) is 11.8 Å². The molecule has 0 unspecified atom stereocenters. The van der Waals surface area contributed by atoms with Gasteiger partial charge in [-0.3, -0.25) is 0 Å². The molecule has 0 aliphatic rings. The van der Waals surface area contributed by atoms with Crippen LogP contribution in [0.15, 0.2) is 0 Å². The van der Waals surface area contributed by atoms with Crippen molar-refractivity contribution in [3.63, 3.8) is 0 Å². The van der Waals surface area contributed by atoms with Crippen LogP contribution >= 0.6 is 11.8 Å². The van der Waals surface area contributed by atoms with Crippen molar-refractivity contribution in [2.45, 2.75) is 19.4 Å². The summed E-state index contributed by atoms with van der Waals surface area (Å²) >= 11 is 1.81. The van der Waals surface area contributed by atoms with Crippen LogP contribution < -0.4 is 5.32 Å². The van der Waals surface area contributed by atoms with E-state index in [1.54, 1.807) is 13.8 Å². The van der Waals surface area contributed by atoms with Crippen molar-refractivity contribution in [1.29, 1.82) is 0 Å². The molecular weight excluding hydrogens is 146 g/mol. The summed E-state index contributed by atoms with van der Waals surface area (Å²) in [5, 5.41) is 12.4. The van der Waals surface area contributed by atoms with E-state index in [-0.39, 0.29) is 0 Å². The molecule has 0 rings (SSSR count). The van der Waals surface area contributed by atoms with E-state index in [2.05, 4.69) is 11.6 Å². The second kappa shape index (κ2) is 4.99. The fraction of sp³-hybridized carbons (Fsp3) is 1.00. The molecule has 2 nitrogen and oxygen atoms in total. The van der Waals surface area contributed by atoms with E-state index in [9.17, 15) is 5.11 Å². The maximum atomic E-state index is 9.25. The Balaban J connectivity index is 3.04. The van der Waals surface area contributed by atoms with Gasteiger partial charge in [0.1, 0.15) is 0 Å². The van der Waals surface area contributed by atoms with Crippen LogP contribution in [-0.4, -0.2) is 35.8 Å². The minimum atomic E-state index is -0.571. The fourth-order valence-corrected chi connectivity index (χ4v) is 0.917. The molecule has 0 fully saturated rings. The van der Waals surface area contributed by atoms with Crippen LogP contribution in [0.3, 0.4) is 0 Å². The van der Waals surface area contributed by atoms with Crippen molar-refractivity contribution in [3.05, 3.63) is 0 Å². The van der Waals surface area contributed by atoms with Gasteiger partial charge >= 0.3 is 0 Å². The van der Waals surface area contributed by atoms with Gasteiger partial charge in [-0.25, -0.2) is 0 Å². The largest absolute Gasteiger partial charge is 0.389 e. The van der Waals surface area contributed by atoms with E-state index >= 15 is 0 Å². The molecule has 0 spiro atoms. The van der Waals surface area contributed by atoms with Gasteiger partial charge in [0.15, 0.2) is 0 Å². The van der Waals surface area contributed by atoms with Crippen LogP contribution in [0.1, 0.15) is 13.8 Å². The number of hydrogen-bond donors (Lipinski definition) is 2. The average Bonchev–Trinajstić information content (AvgIpc) is 1.78. The van der Waals surface area contributed by atoms with Crippen LogP contribution in [0, 0.1) is 0 Å². The van der Waals surface area contributed by atoms with Crippen molar-refractivity contribution < 1.29 is 5.11 Å². The van der Waals surface area contributed by atoms with Crippen LogP contribution in [0.4, 0.5) is 0 Å². The third-order valence-electron chi connectivity index (χ3n) is 1.04. The quantitative estimate of drug-likeness (QED) is 0.585. The molecule has 0 radical (unpaired) electrons. The summed E-state index contributed by atoms with van der Waals surface area (Å²) in [6.07, 6.45) is 2.08. The molecular formula is C7H17NOS. The number of thioether (sulfide) groups is 1. The van der Waals surface area contributed by atoms with Gasteiger partial charge in [-0.15, -0.1) is 0 Å². The fourth-order valence-electron chi connectivity index (χ4n) is 0.569. The minimum Gasteiger partial charge on any atom is -0.389 e. The molecule has 3 heteroatoms. The second-order valence-electron chi connectivity index (χ2n) is 2.98. The van der Waals surface area contributed by atoms with Gasteiger partial charge < -0.3 is 10.4 Å². The predicted octanol–water partition coefficient (Wildman–Crippen LogP) is 0.710. The first-order valence-corrected chi connectivity index (χ1v) is 4.88. The molecule has 0 heterocycles. The molecule has 0 saturated heterocycles. The number of hydrogen-bond acceptors (Lipinski definition) is 3. The smallest absolute Gasteiger partial charge is 0.0715 e. The monoisotopic (exact) mass is 163 g/mol. The van der Waals surface area contributed by atoms with E-state index in [1.165, 1.54) is 0 Å². The Bertz CT molecular complexity index is 80.2. The average molecular weight is 163 g/mol. The first kappa shape index (κ1) is 10.3. The highest BCUT2D eigenvalue weighted by Gasteiger charge is 2.09. The molecule has 0 aliphatic heterocycles. The van der Waals surface area contributed by atoms with E-state index < -0.39 is 5.60 Å². The van der Waals surface area contributed by atoms with E-state index in [0.717, 1.165) is 12.3 Å². The standard InChI is InChI=1S/C7H17NOS/c1-7(2,9)6-8-4-5-10-3/h8-9H,4-6H2,1-3H3. The third kappa shape index (κ3) is 8.27. The summed E-state index contributed by atoms with van der Waals surface area (Å²) in [7, 11) is 0. The molecule has 0 amide bonds. The summed E-state index contributed by atoms with van der Waals surface area (Å²) in [5.41, 5.74) is -0.571. The molecule has 0 bridgehead atoms. The highest BCUT2D eigenvalue weighted by Crippen LogP contribution is 1.97. The van der Waals surface area contributed by atoms with Gasteiger partial charge in [0.25, 0.3) is 0 Å². The maximum Gasteiger partial charge on any atom is 0.0715 e. The van der Waals surface area contributed by atoms with Gasteiger partial charge in [-0.05, 0) is 20.1 Å². The molecule has 0 aromatic heterocycles. The summed E-state index contributed by atoms with van der Waals surface area (Å²) in [6, 6.07) is 0. The van der Waals surface area contributed by atoms with Crippen molar-refractivity contribution in [2.75, 3.05) is 25.1 Å². The van der Waals surface area contributed by atoms with E-state index in [1.807, 2.05) is 11.8 Å². The summed E-state index contributed by atoms with van der Waals surface area (Å²) in [4.78, 5) is 0. The predicted molar refractivity (Wildman–Crippen MR) is 47.5 cm³/mol. The van der Waals surface area contributed by atoms with Gasteiger partial charge in [-0.1, -0.05) is 0 Å². The first-order valence-electron chi connectivity index (χ1n) is 3.48. The molecule has 62 valence electrons. The lowest BCUT2D eigenvalue weighted by atomic mass is 10.1. The van der Waals surface area contributed by atoms with Crippen LogP contribution in [-0.2, 0) is 0 Å². The van der Waals surface area contributed by atoms with Gasteiger partial charge in [0.05, 0.1) is 5.60 Å². The zero-order valence-corrected chi connectivity index (χ0v) is 7.79. The first-order chi connectivity index (χ1) is 4.56. The summed E-state index contributed by atoms with van der Waals surface area (Å²) < 4.78 is 0. The summed E-state index contributed by atoms with van der Waals surface area (Å²) in [5.74, 6) is 1.11. The van der Waals surface area contributed by atoms with Gasteiger partial charge in [0, 0.05) is 18.8 Å². The lowest BCUT2D eigenvalue weighted by molar-refractivity contribution is 0.0806. The molecule has 0 aromatic carbocycles. The highest BCUT2D eigenvalue weighted by molar-refractivity contribution is 7.98.